The summed E-state index contributed by atoms with van der Waals surface area (Å²) in [5.41, 5.74) is 0.523. The van der Waals surface area contributed by atoms with Gasteiger partial charge < -0.3 is 4.84 Å². The van der Waals surface area contributed by atoms with Crippen molar-refractivity contribution in [3.63, 3.8) is 0 Å². The number of hydrogen-bond donors (Lipinski definition) is 1. The first-order chi connectivity index (χ1) is 6.51. The Morgan fingerprint density at radius 3 is 2.64 bits per heavy atom. The fourth-order valence-electron chi connectivity index (χ4n) is 1.05. The van der Waals surface area contributed by atoms with Crippen molar-refractivity contribution in [2.75, 3.05) is 0 Å². The molecule has 14 heavy (non-hydrogen) atoms. The van der Waals surface area contributed by atoms with Crippen molar-refractivity contribution in [1.82, 2.24) is 0 Å². The van der Waals surface area contributed by atoms with Crippen LogP contribution < -0.4 is 10.7 Å². The molecule has 1 aromatic rings. The second-order valence-electron chi connectivity index (χ2n) is 2.93. The monoisotopic (exact) mass is 199 g/mol. The van der Waals surface area contributed by atoms with Gasteiger partial charge in [-0.15, -0.1) is 0 Å². The highest BCUT2D eigenvalue weighted by Crippen LogP contribution is 2.32. The van der Waals surface area contributed by atoms with E-state index in [1.54, 1.807) is 6.92 Å². The third-order valence-corrected chi connectivity index (χ3v) is 1.96. The summed E-state index contributed by atoms with van der Waals surface area (Å²) in [5, 5.41) is 0. The maximum atomic E-state index is 13.1. The Morgan fingerprint density at radius 1 is 1.50 bits per heavy atom. The van der Waals surface area contributed by atoms with E-state index in [1.165, 1.54) is 18.2 Å². The van der Waals surface area contributed by atoms with Crippen LogP contribution in [0.3, 0.4) is 0 Å². The zero-order valence-corrected chi connectivity index (χ0v) is 7.76. The van der Waals surface area contributed by atoms with Crippen LogP contribution in [-0.4, -0.2) is 0 Å². The number of allylic oxidation sites excluding steroid dienone is 1. The van der Waals surface area contributed by atoms with Gasteiger partial charge in [0, 0.05) is 5.56 Å². The van der Waals surface area contributed by atoms with Gasteiger partial charge in [-0.05, 0) is 24.6 Å². The Bertz CT molecular complexity index is 350. The third kappa shape index (κ3) is 1.90. The zero-order chi connectivity index (χ0) is 10.8. The molecule has 0 aliphatic carbocycles. The van der Waals surface area contributed by atoms with Crippen LogP contribution in [0.5, 0.6) is 5.75 Å². The highest BCUT2D eigenvalue weighted by atomic mass is 19.3. The molecular formula is C10H11F2NO. The van der Waals surface area contributed by atoms with Crippen LogP contribution in [0.4, 0.5) is 8.78 Å². The number of benzene rings is 1. The molecule has 0 unspecified atom stereocenters. The molecule has 1 rings (SSSR count). The predicted molar refractivity (Wildman–Crippen MR) is 50.1 cm³/mol. The average Bonchev–Trinajstić information content (AvgIpc) is 2.18. The van der Waals surface area contributed by atoms with Crippen LogP contribution in [0.25, 0.3) is 0 Å². The van der Waals surface area contributed by atoms with Crippen molar-refractivity contribution in [2.24, 2.45) is 5.90 Å². The molecule has 0 spiro atoms. The van der Waals surface area contributed by atoms with Crippen LogP contribution in [0.15, 0.2) is 30.9 Å². The number of alkyl halides is 2. The molecule has 76 valence electrons. The summed E-state index contributed by atoms with van der Waals surface area (Å²) in [4.78, 5) is 4.46. The highest BCUT2D eigenvalue weighted by molar-refractivity contribution is 5.39. The largest absolute Gasteiger partial charge is 0.411 e. The van der Waals surface area contributed by atoms with Gasteiger partial charge >= 0.3 is 0 Å². The molecule has 2 N–H and O–H groups in total. The van der Waals surface area contributed by atoms with Crippen molar-refractivity contribution >= 4 is 0 Å². The van der Waals surface area contributed by atoms with E-state index in [4.69, 9.17) is 5.90 Å². The van der Waals surface area contributed by atoms with Gasteiger partial charge in [0.2, 0.25) is 0 Å². The van der Waals surface area contributed by atoms with Gasteiger partial charge in [0.15, 0.2) is 0 Å². The Labute approximate surface area is 80.9 Å². The second-order valence-corrected chi connectivity index (χ2v) is 2.93. The van der Waals surface area contributed by atoms with Gasteiger partial charge in [0.1, 0.15) is 5.75 Å². The fraction of sp³-hybridized carbons (Fsp3) is 0.200. The summed E-state index contributed by atoms with van der Waals surface area (Å²) in [7, 11) is 0. The molecule has 0 radical (unpaired) electrons. The molecule has 0 bridgehead atoms. The van der Waals surface area contributed by atoms with Gasteiger partial charge in [0.25, 0.3) is 5.92 Å². The lowest BCUT2D eigenvalue weighted by Gasteiger charge is -2.13. The first kappa shape index (κ1) is 10.7. The topological polar surface area (TPSA) is 35.2 Å². The lowest BCUT2D eigenvalue weighted by atomic mass is 10.1. The van der Waals surface area contributed by atoms with E-state index in [0.29, 0.717) is 11.6 Å². The number of hydrogen-bond acceptors (Lipinski definition) is 2. The molecule has 0 aliphatic heterocycles. The van der Waals surface area contributed by atoms with Crippen molar-refractivity contribution in [1.29, 1.82) is 0 Å². The summed E-state index contributed by atoms with van der Waals surface area (Å²) >= 11 is 0. The van der Waals surface area contributed by atoms with Crippen molar-refractivity contribution in [3.05, 3.63) is 42.0 Å². The Hall–Kier alpha value is -1.42. The number of rotatable bonds is 3. The lowest BCUT2D eigenvalue weighted by Crippen LogP contribution is -2.10. The van der Waals surface area contributed by atoms with Crippen LogP contribution in [0, 0.1) is 6.92 Å². The molecule has 0 saturated heterocycles. The summed E-state index contributed by atoms with van der Waals surface area (Å²) < 4.78 is 26.2. The van der Waals surface area contributed by atoms with Crippen LogP contribution >= 0.6 is 0 Å². The summed E-state index contributed by atoms with van der Waals surface area (Å²) in [6.45, 7) is 4.78. The number of nitrogens with two attached hydrogens (primary N) is 1. The minimum Gasteiger partial charge on any atom is -0.411 e. The van der Waals surface area contributed by atoms with Crippen molar-refractivity contribution in [3.8, 4) is 5.75 Å². The first-order valence-corrected chi connectivity index (χ1v) is 4.00. The quantitative estimate of drug-likeness (QED) is 0.599. The van der Waals surface area contributed by atoms with E-state index in [9.17, 15) is 8.78 Å². The number of aryl methyl sites for hydroxylation is 1. The van der Waals surface area contributed by atoms with Gasteiger partial charge in [-0.2, -0.15) is 14.7 Å². The Morgan fingerprint density at radius 2 is 2.14 bits per heavy atom. The molecule has 0 fully saturated rings. The minimum atomic E-state index is -3.05. The number of halogens is 2. The van der Waals surface area contributed by atoms with Crippen LogP contribution in [-0.2, 0) is 5.92 Å². The molecule has 0 aromatic heterocycles. The molecule has 0 saturated carbocycles. The van der Waals surface area contributed by atoms with Crippen molar-refractivity contribution in [2.45, 2.75) is 12.8 Å². The molecule has 0 aliphatic rings. The average molecular weight is 199 g/mol. The lowest BCUT2D eigenvalue weighted by molar-refractivity contribution is 0.0522. The summed E-state index contributed by atoms with van der Waals surface area (Å²) in [6.07, 6.45) is 0.581. The van der Waals surface area contributed by atoms with Gasteiger partial charge in [-0.25, -0.2) is 0 Å². The van der Waals surface area contributed by atoms with E-state index < -0.39 is 5.92 Å². The Balaban J connectivity index is 3.19. The van der Waals surface area contributed by atoms with E-state index in [-0.39, 0.29) is 11.3 Å². The molecule has 1 aromatic carbocycles. The van der Waals surface area contributed by atoms with E-state index in [0.717, 1.165) is 0 Å². The molecule has 0 atom stereocenters. The van der Waals surface area contributed by atoms with E-state index >= 15 is 0 Å². The molecular weight excluding hydrogens is 188 g/mol. The maximum Gasteiger partial charge on any atom is 0.291 e. The van der Waals surface area contributed by atoms with Crippen LogP contribution in [0.1, 0.15) is 11.1 Å². The third-order valence-electron chi connectivity index (χ3n) is 1.96. The Kier molecular flexibility index (Phi) is 2.86. The zero-order valence-electron chi connectivity index (χ0n) is 7.76. The summed E-state index contributed by atoms with van der Waals surface area (Å²) in [5.74, 6) is 2.12. The van der Waals surface area contributed by atoms with Crippen LogP contribution in [0.2, 0.25) is 0 Å². The minimum absolute atomic E-state index is 0.182. The molecule has 0 heterocycles. The second kappa shape index (κ2) is 3.75. The van der Waals surface area contributed by atoms with Gasteiger partial charge in [-0.1, -0.05) is 18.7 Å². The normalized spacial score (nSPS) is 11.1. The smallest absolute Gasteiger partial charge is 0.291 e. The van der Waals surface area contributed by atoms with E-state index in [2.05, 4.69) is 11.4 Å². The highest BCUT2D eigenvalue weighted by Gasteiger charge is 2.27. The van der Waals surface area contributed by atoms with Crippen molar-refractivity contribution < 1.29 is 13.6 Å². The molecule has 0 amide bonds. The molecule has 2 nitrogen and oxygen atoms in total. The fourth-order valence-corrected chi connectivity index (χ4v) is 1.05. The first-order valence-electron chi connectivity index (χ1n) is 4.00. The van der Waals surface area contributed by atoms with Gasteiger partial charge in [0.05, 0.1) is 0 Å². The molecule has 4 heteroatoms. The standard InChI is InChI=1S/C10H11F2NO/c1-3-10(11,12)8-5-4-7(2)9(6-8)14-13/h3-6H,1,13H2,2H3. The SMILES string of the molecule is C=CC(F)(F)c1ccc(C)c(ON)c1. The van der Waals surface area contributed by atoms with Gasteiger partial charge in [-0.3, -0.25) is 0 Å². The summed E-state index contributed by atoms with van der Waals surface area (Å²) in [6, 6.07) is 4.05. The maximum absolute atomic E-state index is 13.1. The van der Waals surface area contributed by atoms with E-state index in [1.807, 2.05) is 0 Å². The predicted octanol–water partition coefficient (Wildman–Crippen LogP) is 2.53.